The molecule has 1 heterocycles. The van der Waals surface area contributed by atoms with Crippen LogP contribution in [0.2, 0.25) is 0 Å². The first-order valence-electron chi connectivity index (χ1n) is 7.46. The second-order valence-corrected chi connectivity index (χ2v) is 5.98. The number of alkyl halides is 3. The summed E-state index contributed by atoms with van der Waals surface area (Å²) in [5.74, 6) is -0.00178. The van der Waals surface area contributed by atoms with Crippen LogP contribution in [0.15, 0.2) is 24.3 Å². The minimum Gasteiger partial charge on any atom is -0.342 e. The molecule has 1 fully saturated rings. The van der Waals surface area contributed by atoms with Gasteiger partial charge in [-0.2, -0.15) is 13.2 Å². The van der Waals surface area contributed by atoms with Crippen LogP contribution in [0, 0.1) is 11.8 Å². The largest absolute Gasteiger partial charge is 0.416 e. The number of hydrogen-bond acceptors (Lipinski definition) is 2. The van der Waals surface area contributed by atoms with Crippen molar-refractivity contribution in [3.63, 3.8) is 0 Å². The Bertz CT molecular complexity index is 530. The quantitative estimate of drug-likeness (QED) is 0.929. The molecule has 1 aliphatic heterocycles. The van der Waals surface area contributed by atoms with Crippen LogP contribution in [0.25, 0.3) is 0 Å². The summed E-state index contributed by atoms with van der Waals surface area (Å²) in [6.45, 7) is 3.67. The Kier molecular flexibility index (Phi) is 5.11. The van der Waals surface area contributed by atoms with Gasteiger partial charge in [0.05, 0.1) is 5.56 Å². The monoisotopic (exact) mass is 314 g/mol. The molecule has 2 unspecified atom stereocenters. The summed E-state index contributed by atoms with van der Waals surface area (Å²) in [6.07, 6.45) is -3.14. The van der Waals surface area contributed by atoms with Gasteiger partial charge in [0.1, 0.15) is 0 Å². The predicted molar refractivity (Wildman–Crippen MR) is 78.1 cm³/mol. The first-order valence-corrected chi connectivity index (χ1v) is 7.46. The lowest BCUT2D eigenvalue weighted by Crippen LogP contribution is -2.34. The van der Waals surface area contributed by atoms with E-state index in [4.69, 9.17) is 5.73 Å². The fourth-order valence-electron chi connectivity index (χ4n) is 2.85. The molecule has 0 spiro atoms. The Labute approximate surface area is 128 Å². The van der Waals surface area contributed by atoms with Gasteiger partial charge in [-0.25, -0.2) is 0 Å². The summed E-state index contributed by atoms with van der Waals surface area (Å²) in [5, 5.41) is 0. The highest BCUT2D eigenvalue weighted by Crippen LogP contribution is 2.30. The Balaban J connectivity index is 2.00. The highest BCUT2D eigenvalue weighted by molar-refractivity contribution is 5.79. The van der Waals surface area contributed by atoms with E-state index in [2.05, 4.69) is 0 Å². The molecule has 0 radical (unpaired) electrons. The van der Waals surface area contributed by atoms with Gasteiger partial charge in [-0.3, -0.25) is 4.79 Å². The van der Waals surface area contributed by atoms with Crippen LogP contribution in [0.1, 0.15) is 24.5 Å². The van der Waals surface area contributed by atoms with Crippen molar-refractivity contribution in [2.45, 2.75) is 25.9 Å². The lowest BCUT2D eigenvalue weighted by molar-refractivity contribution is -0.137. The molecule has 1 aromatic rings. The Morgan fingerprint density at radius 3 is 2.77 bits per heavy atom. The average molecular weight is 314 g/mol. The van der Waals surface area contributed by atoms with Crippen molar-refractivity contribution < 1.29 is 18.0 Å². The number of benzene rings is 1. The molecule has 3 nitrogen and oxygen atoms in total. The van der Waals surface area contributed by atoms with E-state index in [1.165, 1.54) is 6.07 Å². The number of halogens is 3. The smallest absolute Gasteiger partial charge is 0.342 e. The van der Waals surface area contributed by atoms with E-state index in [1.807, 2.05) is 0 Å². The third kappa shape index (κ3) is 4.00. The number of likely N-dealkylation sites (tertiary alicyclic amines) is 1. The maximum atomic E-state index is 12.7. The van der Waals surface area contributed by atoms with Crippen LogP contribution in [0.3, 0.4) is 0 Å². The molecule has 22 heavy (non-hydrogen) atoms. The van der Waals surface area contributed by atoms with Gasteiger partial charge in [-0.15, -0.1) is 0 Å². The van der Waals surface area contributed by atoms with E-state index < -0.39 is 11.7 Å². The topological polar surface area (TPSA) is 46.3 Å². The number of carbonyl (C=O) groups is 1. The lowest BCUT2D eigenvalue weighted by atomic mass is 9.98. The second kappa shape index (κ2) is 6.69. The molecular formula is C16H21F3N2O. The summed E-state index contributed by atoms with van der Waals surface area (Å²) < 4.78 is 38.1. The van der Waals surface area contributed by atoms with Gasteiger partial charge >= 0.3 is 6.18 Å². The maximum absolute atomic E-state index is 12.7. The zero-order valence-corrected chi connectivity index (χ0v) is 12.6. The molecule has 0 aliphatic carbocycles. The number of rotatable bonds is 4. The van der Waals surface area contributed by atoms with Crippen LogP contribution in [-0.2, 0) is 17.4 Å². The third-order valence-electron chi connectivity index (χ3n) is 4.15. The van der Waals surface area contributed by atoms with Gasteiger partial charge in [0, 0.05) is 19.0 Å². The highest BCUT2D eigenvalue weighted by Gasteiger charge is 2.31. The van der Waals surface area contributed by atoms with E-state index in [9.17, 15) is 18.0 Å². The molecule has 6 heteroatoms. The molecule has 1 aromatic carbocycles. The summed E-state index contributed by atoms with van der Waals surface area (Å²) >= 11 is 0. The van der Waals surface area contributed by atoms with Crippen LogP contribution < -0.4 is 5.73 Å². The van der Waals surface area contributed by atoms with E-state index in [1.54, 1.807) is 17.9 Å². The Morgan fingerprint density at radius 2 is 2.18 bits per heavy atom. The molecule has 122 valence electrons. The van der Waals surface area contributed by atoms with Crippen molar-refractivity contribution in [1.82, 2.24) is 4.90 Å². The molecule has 1 saturated heterocycles. The lowest BCUT2D eigenvalue weighted by Gasteiger charge is -2.21. The summed E-state index contributed by atoms with van der Waals surface area (Å²) in [6, 6.07) is 5.18. The van der Waals surface area contributed by atoms with Crippen LogP contribution in [0.5, 0.6) is 0 Å². The highest BCUT2D eigenvalue weighted by atomic mass is 19.4. The van der Waals surface area contributed by atoms with Crippen molar-refractivity contribution in [3.05, 3.63) is 35.4 Å². The predicted octanol–water partition coefficient (Wildman–Crippen LogP) is 2.69. The van der Waals surface area contributed by atoms with Crippen molar-refractivity contribution in [1.29, 1.82) is 0 Å². The second-order valence-electron chi connectivity index (χ2n) is 5.98. The molecule has 2 rings (SSSR count). The van der Waals surface area contributed by atoms with E-state index in [-0.39, 0.29) is 11.8 Å². The standard InChI is InChI=1S/C16H21F3N2O/c1-11(15(22)21-6-5-13(9-20)10-21)7-12-3-2-4-14(8-12)16(17,18)19/h2-4,8,11,13H,5-7,9-10,20H2,1H3. The normalized spacial score (nSPS) is 20.2. The molecule has 2 N–H and O–H groups in total. The Morgan fingerprint density at radius 1 is 1.45 bits per heavy atom. The summed E-state index contributed by atoms with van der Waals surface area (Å²) in [7, 11) is 0. The third-order valence-corrected chi connectivity index (χ3v) is 4.15. The SMILES string of the molecule is CC(Cc1cccc(C(F)(F)F)c1)C(=O)N1CCC(CN)C1. The zero-order chi connectivity index (χ0) is 16.3. The minimum absolute atomic E-state index is 0.00615. The van der Waals surface area contributed by atoms with Crippen LogP contribution in [-0.4, -0.2) is 30.4 Å². The van der Waals surface area contributed by atoms with Crippen molar-refractivity contribution >= 4 is 5.91 Å². The Hall–Kier alpha value is -1.56. The van der Waals surface area contributed by atoms with Crippen molar-refractivity contribution in [3.8, 4) is 0 Å². The summed E-state index contributed by atoms with van der Waals surface area (Å²) in [5.41, 5.74) is 5.47. The average Bonchev–Trinajstić information content (AvgIpc) is 2.94. The summed E-state index contributed by atoms with van der Waals surface area (Å²) in [4.78, 5) is 14.1. The fourth-order valence-corrected chi connectivity index (χ4v) is 2.85. The van der Waals surface area contributed by atoms with E-state index in [0.717, 1.165) is 18.6 Å². The van der Waals surface area contributed by atoms with Gasteiger partial charge in [-0.05, 0) is 36.9 Å². The van der Waals surface area contributed by atoms with E-state index >= 15 is 0 Å². The van der Waals surface area contributed by atoms with Gasteiger partial charge in [0.15, 0.2) is 0 Å². The van der Waals surface area contributed by atoms with Crippen molar-refractivity contribution in [2.24, 2.45) is 17.6 Å². The van der Waals surface area contributed by atoms with Crippen molar-refractivity contribution in [2.75, 3.05) is 19.6 Å². The first kappa shape index (κ1) is 16.8. The molecular weight excluding hydrogens is 293 g/mol. The number of nitrogens with two attached hydrogens (primary N) is 1. The number of carbonyl (C=O) groups excluding carboxylic acids is 1. The van der Waals surface area contributed by atoms with Gasteiger partial charge in [-0.1, -0.05) is 25.1 Å². The zero-order valence-electron chi connectivity index (χ0n) is 12.6. The molecule has 0 aromatic heterocycles. The minimum atomic E-state index is -4.35. The van der Waals surface area contributed by atoms with Gasteiger partial charge in [0.2, 0.25) is 5.91 Å². The first-order chi connectivity index (χ1) is 10.3. The number of nitrogens with zero attached hydrogens (tertiary/aromatic N) is 1. The van der Waals surface area contributed by atoms with Crippen LogP contribution in [0.4, 0.5) is 13.2 Å². The molecule has 2 atom stereocenters. The molecule has 1 amide bonds. The molecule has 0 saturated carbocycles. The van der Waals surface area contributed by atoms with E-state index in [0.29, 0.717) is 37.5 Å². The van der Waals surface area contributed by atoms with Crippen LogP contribution >= 0.6 is 0 Å². The number of amides is 1. The number of hydrogen-bond donors (Lipinski definition) is 1. The van der Waals surface area contributed by atoms with Gasteiger partial charge in [0.25, 0.3) is 0 Å². The maximum Gasteiger partial charge on any atom is 0.416 e. The van der Waals surface area contributed by atoms with Gasteiger partial charge < -0.3 is 10.6 Å². The fraction of sp³-hybridized carbons (Fsp3) is 0.562. The molecule has 1 aliphatic rings. The molecule has 0 bridgehead atoms.